The number of hydrogen-bond donors (Lipinski definition) is 6. The largest absolute Gasteiger partial charge is 0.395 e. The molecule has 52 heavy (non-hydrogen) atoms. The number of rotatable bonds is 16. The van der Waals surface area contributed by atoms with E-state index in [1.165, 1.54) is 0 Å². The van der Waals surface area contributed by atoms with E-state index in [1.807, 2.05) is 106 Å². The topological polar surface area (TPSA) is 102 Å². The maximum absolute atomic E-state index is 9.51. The minimum absolute atomic E-state index is 0.0762. The fourth-order valence-electron chi connectivity index (χ4n) is 5.22. The fourth-order valence-corrected chi connectivity index (χ4v) is 6.94. The molecule has 6 N–H and O–H groups in total. The molecular weight excluding hydrogens is 689 g/mol. The summed E-state index contributed by atoms with van der Waals surface area (Å²) in [5.41, 5.74) is 14.9. The lowest BCUT2D eigenvalue weighted by Crippen LogP contribution is -2.28. The maximum atomic E-state index is 9.51. The Morgan fingerprint density at radius 1 is 0.538 bits per heavy atom. The maximum Gasteiger partial charge on any atom is 0.0977 e. The van der Waals surface area contributed by atoms with Crippen molar-refractivity contribution < 1.29 is 10.2 Å². The number of nitrogens with one attached hydrogen (secondary N) is 4. The van der Waals surface area contributed by atoms with Crippen LogP contribution in [0.5, 0.6) is 0 Å². The zero-order chi connectivity index (χ0) is 36.1. The van der Waals surface area contributed by atoms with E-state index in [1.54, 1.807) is 23.9 Å². The molecule has 4 aromatic carbocycles. The molecule has 0 aromatic heterocycles. The lowest BCUT2D eigenvalue weighted by Gasteiger charge is -2.30. The Kier molecular flexibility index (Phi) is 12.7. The number of benzene rings is 4. The van der Waals surface area contributed by atoms with Crippen LogP contribution in [0.25, 0.3) is 12.2 Å². The Morgan fingerprint density at radius 3 is 1.29 bits per heavy atom. The molecular formula is C40H44N8O2S2. The van der Waals surface area contributed by atoms with E-state index < -0.39 is 0 Å². The van der Waals surface area contributed by atoms with E-state index in [0.717, 1.165) is 55.3 Å². The molecule has 0 fully saturated rings. The van der Waals surface area contributed by atoms with Crippen LogP contribution in [-0.2, 0) is 0 Å². The zero-order valence-electron chi connectivity index (χ0n) is 29.2. The molecule has 2 aliphatic rings. The fraction of sp³-hybridized carbons (Fsp3) is 0.150. The van der Waals surface area contributed by atoms with Gasteiger partial charge in [0.05, 0.1) is 58.4 Å². The number of aliphatic hydroxyl groups excluding tert-OH is 2. The summed E-state index contributed by atoms with van der Waals surface area (Å²) in [4.78, 5) is 4.05. The van der Waals surface area contributed by atoms with Crippen LogP contribution in [0.1, 0.15) is 11.1 Å². The Morgan fingerprint density at radius 2 is 0.923 bits per heavy atom. The molecule has 10 nitrogen and oxygen atoms in total. The smallest absolute Gasteiger partial charge is 0.0977 e. The third kappa shape index (κ3) is 10.6. The van der Waals surface area contributed by atoms with Crippen LogP contribution in [0, 0.1) is 0 Å². The Balaban J connectivity index is 1.06. The van der Waals surface area contributed by atoms with Crippen LogP contribution < -0.4 is 21.5 Å². The van der Waals surface area contributed by atoms with Gasteiger partial charge < -0.3 is 30.6 Å². The highest BCUT2D eigenvalue weighted by molar-refractivity contribution is 8.01. The van der Waals surface area contributed by atoms with Crippen molar-refractivity contribution in [2.45, 2.75) is 0 Å². The van der Waals surface area contributed by atoms with Crippen molar-refractivity contribution in [1.29, 1.82) is 0 Å². The van der Waals surface area contributed by atoms with Gasteiger partial charge >= 0.3 is 0 Å². The van der Waals surface area contributed by atoms with Crippen LogP contribution in [0.15, 0.2) is 155 Å². The number of allylic oxidation sites excluding steroid dienone is 2. The van der Waals surface area contributed by atoms with Crippen molar-refractivity contribution in [2.75, 3.05) is 61.9 Å². The number of aliphatic hydroxyl groups is 2. The van der Waals surface area contributed by atoms with Crippen LogP contribution >= 0.6 is 23.9 Å². The summed E-state index contributed by atoms with van der Waals surface area (Å²) in [5.74, 6) is 0. The van der Waals surface area contributed by atoms with E-state index >= 15 is 0 Å². The van der Waals surface area contributed by atoms with Crippen molar-refractivity contribution in [3.63, 3.8) is 0 Å². The number of nitrogens with zero attached hydrogens (tertiary/aromatic N) is 4. The summed E-state index contributed by atoms with van der Waals surface area (Å²) in [7, 11) is 3.94. The summed E-state index contributed by atoms with van der Waals surface area (Å²) < 4.78 is 3.93. The molecule has 0 saturated carbocycles. The molecule has 0 radical (unpaired) electrons. The van der Waals surface area contributed by atoms with E-state index in [9.17, 15) is 10.2 Å². The first-order valence-electron chi connectivity index (χ1n) is 17.0. The Bertz CT molecular complexity index is 1760. The number of hydrogen-bond acceptors (Lipinski definition) is 12. The van der Waals surface area contributed by atoms with Crippen molar-refractivity contribution in [1.82, 2.24) is 18.6 Å². The summed E-state index contributed by atoms with van der Waals surface area (Å²) in [6, 6.07) is 36.8. The van der Waals surface area contributed by atoms with Crippen molar-refractivity contribution >= 4 is 58.8 Å². The van der Waals surface area contributed by atoms with E-state index in [-0.39, 0.29) is 13.2 Å². The first-order valence-corrected chi connectivity index (χ1v) is 18.5. The van der Waals surface area contributed by atoms with Gasteiger partial charge in [-0.3, -0.25) is 10.9 Å². The van der Waals surface area contributed by atoms with Gasteiger partial charge in [-0.15, -0.1) is 0 Å². The van der Waals surface area contributed by atoms with Gasteiger partial charge in [-0.1, -0.05) is 72.8 Å². The van der Waals surface area contributed by atoms with Gasteiger partial charge in [0.15, 0.2) is 0 Å². The van der Waals surface area contributed by atoms with E-state index in [0.29, 0.717) is 13.1 Å². The van der Waals surface area contributed by atoms with Gasteiger partial charge in [0, 0.05) is 62.5 Å². The predicted molar refractivity (Wildman–Crippen MR) is 220 cm³/mol. The summed E-state index contributed by atoms with van der Waals surface area (Å²) >= 11 is 3.10. The molecule has 2 heterocycles. The number of anilines is 4. The SMILES string of the molecule is CN(CCO)C1=CN(Nc2ccccc2)SC(Nc2ccc(C=Cc3ccc(NC4=CC(N(C)CCO)=CN(Nc5ccccc5)S4)cc3)cc2)=C1. The lowest BCUT2D eigenvalue weighted by molar-refractivity contribution is 0.247. The number of para-hydroxylation sites is 2. The van der Waals surface area contributed by atoms with Gasteiger partial charge in [-0.2, -0.15) is 0 Å². The van der Waals surface area contributed by atoms with Crippen molar-refractivity contribution in [2.24, 2.45) is 0 Å². The van der Waals surface area contributed by atoms with Crippen molar-refractivity contribution in [3.05, 3.63) is 166 Å². The average molecular weight is 733 g/mol. The van der Waals surface area contributed by atoms with E-state index in [2.05, 4.69) is 94.3 Å². The summed E-state index contributed by atoms with van der Waals surface area (Å²) in [6.07, 6.45) is 12.4. The van der Waals surface area contributed by atoms with Crippen LogP contribution in [0.2, 0.25) is 0 Å². The lowest BCUT2D eigenvalue weighted by atomic mass is 10.1. The molecule has 0 unspecified atom stereocenters. The number of hydrazine groups is 2. The second-order valence-corrected chi connectivity index (χ2v) is 14.1. The molecule has 6 rings (SSSR count). The first kappa shape index (κ1) is 36.4. The number of likely N-dealkylation sites (N-methyl/N-ethyl adjacent to an activating group) is 2. The second kappa shape index (κ2) is 18.2. The minimum Gasteiger partial charge on any atom is -0.395 e. The normalized spacial score (nSPS) is 14.2. The van der Waals surface area contributed by atoms with Gasteiger partial charge in [-0.05, 0) is 71.8 Å². The molecule has 0 atom stereocenters. The Hall–Kier alpha value is -5.40. The monoisotopic (exact) mass is 732 g/mol. The van der Waals surface area contributed by atoms with Crippen LogP contribution in [0.4, 0.5) is 22.7 Å². The third-order valence-electron chi connectivity index (χ3n) is 8.05. The predicted octanol–water partition coefficient (Wildman–Crippen LogP) is 7.88. The van der Waals surface area contributed by atoms with Crippen molar-refractivity contribution in [3.8, 4) is 0 Å². The molecule has 0 saturated heterocycles. The van der Waals surface area contributed by atoms with Crippen LogP contribution in [-0.4, -0.2) is 69.2 Å². The molecule has 268 valence electrons. The van der Waals surface area contributed by atoms with Gasteiger partial charge in [0.2, 0.25) is 0 Å². The van der Waals surface area contributed by atoms with E-state index in [4.69, 9.17) is 0 Å². The molecule has 12 heteroatoms. The summed E-state index contributed by atoms with van der Waals surface area (Å²) in [5, 5.41) is 28.0. The highest BCUT2D eigenvalue weighted by Gasteiger charge is 2.18. The van der Waals surface area contributed by atoms with Gasteiger partial charge in [-0.25, -0.2) is 8.83 Å². The molecule has 2 aliphatic heterocycles. The van der Waals surface area contributed by atoms with Gasteiger partial charge in [0.25, 0.3) is 0 Å². The van der Waals surface area contributed by atoms with Crippen LogP contribution in [0.3, 0.4) is 0 Å². The standard InChI is InChI=1S/C40H44N8O2S2/c1-45(23-25-49)37-27-39(51-47(29-37)43-35-9-5-3-6-10-35)41-33-19-15-31(16-20-33)13-14-32-17-21-34(22-18-32)42-40-28-38(46(2)24-26-50)30-48(52-40)44-36-11-7-4-8-12-36/h3-22,27-30,41-44,49-50H,23-26H2,1-2H3. The molecule has 4 aromatic rings. The molecule has 0 spiro atoms. The zero-order valence-corrected chi connectivity index (χ0v) is 30.8. The van der Waals surface area contributed by atoms with Gasteiger partial charge in [0.1, 0.15) is 0 Å². The first-order chi connectivity index (χ1) is 25.4. The summed E-state index contributed by atoms with van der Waals surface area (Å²) in [6.45, 7) is 1.22. The Labute approximate surface area is 314 Å². The average Bonchev–Trinajstić information content (AvgIpc) is 3.16. The molecule has 0 aliphatic carbocycles. The molecule has 0 amide bonds. The second-order valence-electron chi connectivity index (χ2n) is 12.0. The minimum atomic E-state index is 0.0762. The highest BCUT2D eigenvalue weighted by atomic mass is 32.2. The quantitative estimate of drug-likeness (QED) is 0.0500. The third-order valence-corrected chi connectivity index (χ3v) is 9.67. The highest BCUT2D eigenvalue weighted by Crippen LogP contribution is 2.33. The molecule has 0 bridgehead atoms.